The van der Waals surface area contributed by atoms with Crippen LogP contribution in [0.15, 0.2) is 30.3 Å². The highest BCUT2D eigenvalue weighted by Gasteiger charge is 2.09. The van der Waals surface area contributed by atoms with Crippen LogP contribution < -0.4 is 10.6 Å². The third kappa shape index (κ3) is 3.45. The zero-order chi connectivity index (χ0) is 14.5. The number of hydrogen-bond donors (Lipinski definition) is 2. The number of nitrogens with one attached hydrogen (secondary N) is 2. The van der Waals surface area contributed by atoms with Gasteiger partial charge in [0.05, 0.1) is 23.9 Å². The molecule has 0 aliphatic rings. The lowest BCUT2D eigenvalue weighted by atomic mass is 10.2. The second kappa shape index (κ2) is 6.34. The molecule has 0 spiro atoms. The van der Waals surface area contributed by atoms with Gasteiger partial charge in [0.15, 0.2) is 0 Å². The predicted molar refractivity (Wildman–Crippen MR) is 80.0 cm³/mol. The Labute approximate surface area is 118 Å². The molecule has 5 heteroatoms. The van der Waals surface area contributed by atoms with E-state index in [1.165, 1.54) is 0 Å². The van der Waals surface area contributed by atoms with Gasteiger partial charge in [0.2, 0.25) is 0 Å². The number of pyridine rings is 1. The number of ether oxygens (including phenoxy) is 1. The zero-order valence-corrected chi connectivity index (χ0v) is 11.9. The van der Waals surface area contributed by atoms with Crippen LogP contribution in [-0.2, 0) is 4.74 Å². The van der Waals surface area contributed by atoms with Crippen LogP contribution in [-0.4, -0.2) is 30.8 Å². The van der Waals surface area contributed by atoms with E-state index in [0.29, 0.717) is 12.3 Å². The smallest absolute Gasteiger partial charge is 0.319 e. The highest BCUT2D eigenvalue weighted by atomic mass is 16.5. The second-order valence-electron chi connectivity index (χ2n) is 4.78. The maximum atomic E-state index is 11.9. The summed E-state index contributed by atoms with van der Waals surface area (Å²) in [5.41, 5.74) is 2.41. The number of nitrogens with zero attached hydrogens (tertiary/aromatic N) is 1. The summed E-state index contributed by atoms with van der Waals surface area (Å²) in [6.45, 7) is 4.28. The van der Waals surface area contributed by atoms with Gasteiger partial charge in [-0.3, -0.25) is 4.98 Å². The molecule has 5 nitrogen and oxygen atoms in total. The Morgan fingerprint density at radius 2 is 2.15 bits per heavy atom. The average Bonchev–Trinajstić information content (AvgIpc) is 2.39. The maximum Gasteiger partial charge on any atom is 0.319 e. The Morgan fingerprint density at radius 1 is 1.35 bits per heavy atom. The van der Waals surface area contributed by atoms with Crippen molar-refractivity contribution in [1.82, 2.24) is 10.3 Å². The number of para-hydroxylation sites is 1. The van der Waals surface area contributed by atoms with Crippen LogP contribution in [0.3, 0.4) is 0 Å². The van der Waals surface area contributed by atoms with E-state index in [1.54, 1.807) is 7.11 Å². The number of amides is 2. The van der Waals surface area contributed by atoms with E-state index in [0.717, 1.165) is 16.6 Å². The van der Waals surface area contributed by atoms with Crippen molar-refractivity contribution in [2.45, 2.75) is 19.9 Å². The van der Waals surface area contributed by atoms with E-state index in [2.05, 4.69) is 15.6 Å². The molecule has 1 unspecified atom stereocenters. The van der Waals surface area contributed by atoms with Gasteiger partial charge in [-0.2, -0.15) is 0 Å². The van der Waals surface area contributed by atoms with Gasteiger partial charge < -0.3 is 15.4 Å². The first kappa shape index (κ1) is 14.3. The summed E-state index contributed by atoms with van der Waals surface area (Å²) < 4.78 is 4.99. The van der Waals surface area contributed by atoms with Crippen LogP contribution in [0.25, 0.3) is 10.9 Å². The molecule has 0 saturated heterocycles. The van der Waals surface area contributed by atoms with E-state index in [-0.39, 0.29) is 12.1 Å². The summed E-state index contributed by atoms with van der Waals surface area (Å²) in [4.78, 5) is 16.4. The lowest BCUT2D eigenvalue weighted by Crippen LogP contribution is -2.38. The average molecular weight is 273 g/mol. The van der Waals surface area contributed by atoms with Gasteiger partial charge in [0.25, 0.3) is 0 Å². The van der Waals surface area contributed by atoms with Gasteiger partial charge in [-0.15, -0.1) is 0 Å². The number of anilines is 1. The highest BCUT2D eigenvalue weighted by Crippen LogP contribution is 2.21. The molecule has 2 aromatic rings. The summed E-state index contributed by atoms with van der Waals surface area (Å²) >= 11 is 0. The van der Waals surface area contributed by atoms with Crippen LogP contribution >= 0.6 is 0 Å². The van der Waals surface area contributed by atoms with Crippen LogP contribution in [0.1, 0.15) is 12.6 Å². The molecular formula is C15H19N3O2. The van der Waals surface area contributed by atoms with Gasteiger partial charge >= 0.3 is 6.03 Å². The van der Waals surface area contributed by atoms with Crippen molar-refractivity contribution in [3.05, 3.63) is 36.0 Å². The topological polar surface area (TPSA) is 63.2 Å². The molecule has 106 valence electrons. The van der Waals surface area contributed by atoms with Crippen molar-refractivity contribution in [2.24, 2.45) is 0 Å². The Kier molecular flexibility index (Phi) is 4.53. The number of carbonyl (C=O) groups is 1. The molecule has 0 bridgehead atoms. The Balaban J connectivity index is 2.17. The van der Waals surface area contributed by atoms with Gasteiger partial charge in [-0.05, 0) is 26.0 Å². The van der Waals surface area contributed by atoms with E-state index < -0.39 is 0 Å². The van der Waals surface area contributed by atoms with E-state index in [9.17, 15) is 4.79 Å². The van der Waals surface area contributed by atoms with Gasteiger partial charge in [0.1, 0.15) is 0 Å². The molecule has 0 fully saturated rings. The number of methoxy groups -OCH3 is 1. The molecule has 0 radical (unpaired) electrons. The SMILES string of the molecule is COCC(C)NC(=O)Nc1cccc2ccc(C)nc12. The number of aromatic nitrogens is 1. The molecule has 2 amide bonds. The number of benzene rings is 1. The molecule has 1 heterocycles. The number of hydrogen-bond acceptors (Lipinski definition) is 3. The van der Waals surface area contributed by atoms with Crippen molar-refractivity contribution in [3.63, 3.8) is 0 Å². The molecule has 1 aromatic heterocycles. The normalized spacial score (nSPS) is 12.2. The molecule has 2 rings (SSSR count). The quantitative estimate of drug-likeness (QED) is 0.900. The molecule has 20 heavy (non-hydrogen) atoms. The first-order valence-corrected chi connectivity index (χ1v) is 6.53. The Morgan fingerprint density at radius 3 is 2.90 bits per heavy atom. The van der Waals surface area contributed by atoms with Crippen molar-refractivity contribution in [1.29, 1.82) is 0 Å². The Hall–Kier alpha value is -2.14. The van der Waals surface area contributed by atoms with E-state index >= 15 is 0 Å². The molecular weight excluding hydrogens is 254 g/mol. The molecule has 0 aliphatic heterocycles. The van der Waals surface area contributed by atoms with Gasteiger partial charge in [-0.25, -0.2) is 4.79 Å². The van der Waals surface area contributed by atoms with Gasteiger partial charge in [-0.1, -0.05) is 18.2 Å². The first-order chi connectivity index (χ1) is 9.60. The van der Waals surface area contributed by atoms with Crippen LogP contribution in [0.5, 0.6) is 0 Å². The monoisotopic (exact) mass is 273 g/mol. The minimum absolute atomic E-state index is 0.0512. The van der Waals surface area contributed by atoms with Crippen molar-refractivity contribution in [3.8, 4) is 0 Å². The number of aryl methyl sites for hydroxylation is 1. The Bertz CT molecular complexity index is 613. The standard InChI is InChI=1S/C15H19N3O2/c1-10-7-8-12-5-4-6-13(14(12)16-10)18-15(19)17-11(2)9-20-3/h4-8,11H,9H2,1-3H3,(H2,17,18,19). The fourth-order valence-electron chi connectivity index (χ4n) is 2.02. The lowest BCUT2D eigenvalue weighted by molar-refractivity contribution is 0.173. The largest absolute Gasteiger partial charge is 0.383 e. The van der Waals surface area contributed by atoms with E-state index in [1.807, 2.05) is 44.2 Å². The zero-order valence-electron chi connectivity index (χ0n) is 11.9. The first-order valence-electron chi connectivity index (χ1n) is 6.53. The van der Waals surface area contributed by atoms with Crippen molar-refractivity contribution >= 4 is 22.6 Å². The second-order valence-corrected chi connectivity index (χ2v) is 4.78. The lowest BCUT2D eigenvalue weighted by Gasteiger charge is -2.14. The molecule has 1 aromatic carbocycles. The summed E-state index contributed by atoms with van der Waals surface area (Å²) in [5, 5.41) is 6.64. The third-order valence-electron chi connectivity index (χ3n) is 2.90. The summed E-state index contributed by atoms with van der Waals surface area (Å²) in [7, 11) is 1.60. The number of rotatable bonds is 4. The minimum atomic E-state index is -0.259. The summed E-state index contributed by atoms with van der Waals surface area (Å²) in [5.74, 6) is 0. The predicted octanol–water partition coefficient (Wildman–Crippen LogP) is 2.70. The fraction of sp³-hybridized carbons (Fsp3) is 0.333. The van der Waals surface area contributed by atoms with Crippen LogP contribution in [0.4, 0.5) is 10.5 Å². The molecule has 0 aliphatic carbocycles. The van der Waals surface area contributed by atoms with Gasteiger partial charge in [0, 0.05) is 18.2 Å². The molecule has 0 saturated carbocycles. The van der Waals surface area contributed by atoms with Crippen molar-refractivity contribution < 1.29 is 9.53 Å². The fourth-order valence-corrected chi connectivity index (χ4v) is 2.02. The minimum Gasteiger partial charge on any atom is -0.383 e. The number of fused-ring (bicyclic) bond motifs is 1. The third-order valence-corrected chi connectivity index (χ3v) is 2.90. The van der Waals surface area contributed by atoms with Crippen LogP contribution in [0, 0.1) is 6.92 Å². The summed E-state index contributed by atoms with van der Waals surface area (Å²) in [6, 6.07) is 9.35. The molecule has 2 N–H and O–H groups in total. The van der Waals surface area contributed by atoms with Crippen molar-refractivity contribution in [2.75, 3.05) is 19.0 Å². The number of carbonyl (C=O) groups excluding carboxylic acids is 1. The highest BCUT2D eigenvalue weighted by molar-refractivity contribution is 5.99. The maximum absolute atomic E-state index is 11.9. The van der Waals surface area contributed by atoms with Crippen LogP contribution in [0.2, 0.25) is 0 Å². The number of urea groups is 1. The van der Waals surface area contributed by atoms with E-state index in [4.69, 9.17) is 4.74 Å². The summed E-state index contributed by atoms with van der Waals surface area (Å²) in [6.07, 6.45) is 0. The molecule has 1 atom stereocenters.